The Morgan fingerprint density at radius 2 is 1.77 bits per heavy atom. The fourth-order valence-electron chi connectivity index (χ4n) is 3.61. The maximum absolute atomic E-state index is 12.5. The number of benzene rings is 2. The number of nitrogens with zero attached hydrogens (tertiary/aromatic N) is 2. The molecule has 1 aliphatic heterocycles. The Kier molecular flexibility index (Phi) is 4.84. The number of carbonyl (C=O) groups is 1. The van der Waals surface area contributed by atoms with Crippen molar-refractivity contribution in [1.29, 1.82) is 0 Å². The third-order valence-electron chi connectivity index (χ3n) is 5.12. The molecule has 2 aromatic carbocycles. The van der Waals surface area contributed by atoms with E-state index in [1.807, 2.05) is 37.3 Å². The highest BCUT2D eigenvalue weighted by atomic mass is 16.6. The van der Waals surface area contributed by atoms with E-state index in [9.17, 15) is 4.79 Å². The Hall–Kier alpha value is -4.13. The zero-order chi connectivity index (χ0) is 21.2. The minimum Gasteiger partial charge on any atom is -0.486 e. The number of nitrogens with one attached hydrogen (secondary N) is 2. The van der Waals surface area contributed by atoms with Gasteiger partial charge in [0, 0.05) is 28.6 Å². The average Bonchev–Trinajstić information content (AvgIpc) is 3.21. The number of H-pyrrole nitrogens is 1. The molecule has 0 saturated heterocycles. The Bertz CT molecular complexity index is 1230. The molecule has 1 amide bonds. The van der Waals surface area contributed by atoms with Crippen molar-refractivity contribution in [2.24, 2.45) is 0 Å². The van der Waals surface area contributed by atoms with Crippen LogP contribution in [0.3, 0.4) is 0 Å². The van der Waals surface area contributed by atoms with Crippen LogP contribution in [-0.4, -0.2) is 34.3 Å². The van der Waals surface area contributed by atoms with Gasteiger partial charge in [0.1, 0.15) is 18.9 Å². The maximum atomic E-state index is 12.5. The number of anilines is 1. The van der Waals surface area contributed by atoms with E-state index in [2.05, 4.69) is 20.5 Å². The molecule has 0 saturated carbocycles. The summed E-state index contributed by atoms with van der Waals surface area (Å²) in [7, 11) is 0. The lowest BCUT2D eigenvalue weighted by Crippen LogP contribution is -2.15. The molecule has 0 fully saturated rings. The van der Waals surface area contributed by atoms with E-state index in [-0.39, 0.29) is 5.91 Å². The smallest absolute Gasteiger partial charge is 0.255 e. The quantitative estimate of drug-likeness (QED) is 0.516. The fraction of sp³-hybridized carbons (Fsp3) is 0.125. The van der Waals surface area contributed by atoms with Gasteiger partial charge < -0.3 is 14.8 Å². The molecule has 1 aliphatic rings. The van der Waals surface area contributed by atoms with Crippen LogP contribution in [0.1, 0.15) is 16.1 Å². The van der Waals surface area contributed by atoms with E-state index < -0.39 is 0 Å². The van der Waals surface area contributed by atoms with Crippen molar-refractivity contribution in [3.63, 3.8) is 0 Å². The van der Waals surface area contributed by atoms with E-state index in [1.54, 1.807) is 36.7 Å². The van der Waals surface area contributed by atoms with Crippen molar-refractivity contribution in [2.45, 2.75) is 6.92 Å². The van der Waals surface area contributed by atoms with Crippen LogP contribution in [0.4, 0.5) is 5.69 Å². The van der Waals surface area contributed by atoms with Crippen molar-refractivity contribution >= 4 is 11.6 Å². The Balaban J connectivity index is 1.43. The van der Waals surface area contributed by atoms with Crippen LogP contribution in [-0.2, 0) is 0 Å². The first-order valence-electron chi connectivity index (χ1n) is 9.96. The van der Waals surface area contributed by atoms with Gasteiger partial charge in [-0.05, 0) is 48.9 Å². The Morgan fingerprint density at radius 3 is 2.55 bits per heavy atom. The van der Waals surface area contributed by atoms with Crippen LogP contribution in [0.2, 0.25) is 0 Å². The largest absolute Gasteiger partial charge is 0.486 e. The van der Waals surface area contributed by atoms with Gasteiger partial charge in [-0.1, -0.05) is 18.2 Å². The minimum atomic E-state index is -0.190. The van der Waals surface area contributed by atoms with Gasteiger partial charge in [0.15, 0.2) is 11.5 Å². The summed E-state index contributed by atoms with van der Waals surface area (Å²) in [6.45, 7) is 3.08. The molecule has 2 N–H and O–H groups in total. The van der Waals surface area contributed by atoms with Gasteiger partial charge in [-0.3, -0.25) is 14.9 Å². The van der Waals surface area contributed by atoms with Crippen molar-refractivity contribution in [2.75, 3.05) is 18.5 Å². The Morgan fingerprint density at radius 1 is 1.00 bits per heavy atom. The molecule has 0 atom stereocenters. The number of aromatic nitrogens is 3. The van der Waals surface area contributed by atoms with Crippen LogP contribution in [0.5, 0.6) is 11.5 Å². The van der Waals surface area contributed by atoms with Crippen molar-refractivity contribution in [1.82, 2.24) is 15.2 Å². The molecule has 5 rings (SSSR count). The third kappa shape index (κ3) is 3.73. The van der Waals surface area contributed by atoms with Crippen molar-refractivity contribution in [3.05, 3.63) is 78.2 Å². The fourth-order valence-corrected chi connectivity index (χ4v) is 3.61. The number of amides is 1. The molecule has 7 heteroatoms. The van der Waals surface area contributed by atoms with Gasteiger partial charge in [-0.25, -0.2) is 0 Å². The van der Waals surface area contributed by atoms with E-state index in [1.165, 1.54) is 0 Å². The molecule has 31 heavy (non-hydrogen) atoms. The summed E-state index contributed by atoms with van der Waals surface area (Å²) in [5.74, 6) is 1.30. The molecule has 154 valence electrons. The highest BCUT2D eigenvalue weighted by molar-refractivity contribution is 6.04. The number of aryl methyl sites for hydroxylation is 1. The SMILES string of the molecule is Cc1[nH]nc(-c2ccc(C(=O)Nc3cccnc3)cc2)c1-c1ccc2c(c1)OCCO2. The number of ether oxygens (including phenoxy) is 2. The predicted molar refractivity (Wildman–Crippen MR) is 117 cm³/mol. The van der Waals surface area contributed by atoms with Gasteiger partial charge in [0.2, 0.25) is 0 Å². The number of carbonyl (C=O) groups excluding carboxylic acids is 1. The topological polar surface area (TPSA) is 89.1 Å². The van der Waals surface area contributed by atoms with E-state index >= 15 is 0 Å². The molecule has 3 heterocycles. The third-order valence-corrected chi connectivity index (χ3v) is 5.12. The molecule has 0 unspecified atom stereocenters. The van der Waals surface area contributed by atoms with Gasteiger partial charge in [0.25, 0.3) is 5.91 Å². The normalized spacial score (nSPS) is 12.4. The second-order valence-electron chi connectivity index (χ2n) is 7.20. The molecule has 7 nitrogen and oxygen atoms in total. The molecular formula is C24H20N4O3. The summed E-state index contributed by atoms with van der Waals surface area (Å²) < 4.78 is 11.4. The molecule has 0 spiro atoms. The van der Waals surface area contributed by atoms with Gasteiger partial charge in [-0.15, -0.1) is 0 Å². The van der Waals surface area contributed by atoms with Crippen molar-refractivity contribution < 1.29 is 14.3 Å². The summed E-state index contributed by atoms with van der Waals surface area (Å²) in [5.41, 5.74) is 5.86. The minimum absolute atomic E-state index is 0.190. The van der Waals surface area contributed by atoms with Crippen molar-refractivity contribution in [3.8, 4) is 33.9 Å². The van der Waals surface area contributed by atoms with Crippen LogP contribution in [0, 0.1) is 6.92 Å². The summed E-state index contributed by atoms with van der Waals surface area (Å²) in [6, 6.07) is 16.9. The number of rotatable bonds is 4. The van der Waals surface area contributed by atoms with E-state index in [0.29, 0.717) is 24.5 Å². The van der Waals surface area contributed by atoms with Gasteiger partial charge in [-0.2, -0.15) is 5.10 Å². The molecule has 4 aromatic rings. The molecule has 0 aliphatic carbocycles. The van der Waals surface area contributed by atoms with Crippen LogP contribution in [0.25, 0.3) is 22.4 Å². The first-order valence-corrected chi connectivity index (χ1v) is 9.96. The first-order chi connectivity index (χ1) is 15.2. The lowest BCUT2D eigenvalue weighted by atomic mass is 9.98. The highest BCUT2D eigenvalue weighted by Crippen LogP contribution is 2.39. The van der Waals surface area contributed by atoms with Gasteiger partial charge >= 0.3 is 0 Å². The van der Waals surface area contributed by atoms with E-state index in [0.717, 1.165) is 39.6 Å². The van der Waals surface area contributed by atoms with Gasteiger partial charge in [0.05, 0.1) is 11.9 Å². The van der Waals surface area contributed by atoms with Crippen LogP contribution >= 0.6 is 0 Å². The second kappa shape index (κ2) is 7.95. The standard InChI is InChI=1S/C24H20N4O3/c1-15-22(18-8-9-20-21(13-18)31-12-11-30-20)23(28-27-15)16-4-6-17(7-5-16)24(29)26-19-3-2-10-25-14-19/h2-10,13-14H,11-12H2,1H3,(H,26,29)(H,27,28). The molecule has 2 aromatic heterocycles. The van der Waals surface area contributed by atoms with E-state index in [4.69, 9.17) is 9.47 Å². The molecular weight excluding hydrogens is 392 g/mol. The number of hydrogen-bond donors (Lipinski definition) is 2. The lowest BCUT2D eigenvalue weighted by Gasteiger charge is -2.19. The zero-order valence-corrected chi connectivity index (χ0v) is 16.9. The lowest BCUT2D eigenvalue weighted by molar-refractivity contribution is 0.102. The zero-order valence-electron chi connectivity index (χ0n) is 16.9. The molecule has 0 radical (unpaired) electrons. The summed E-state index contributed by atoms with van der Waals surface area (Å²) in [5, 5.41) is 10.4. The second-order valence-corrected chi connectivity index (χ2v) is 7.20. The maximum Gasteiger partial charge on any atom is 0.255 e. The number of pyridine rings is 1. The number of hydrogen-bond acceptors (Lipinski definition) is 5. The summed E-state index contributed by atoms with van der Waals surface area (Å²) in [4.78, 5) is 16.5. The number of aromatic amines is 1. The Labute approximate surface area is 179 Å². The predicted octanol–water partition coefficient (Wildman–Crippen LogP) is 4.47. The summed E-state index contributed by atoms with van der Waals surface area (Å²) in [6.07, 6.45) is 3.27. The highest BCUT2D eigenvalue weighted by Gasteiger charge is 2.18. The van der Waals surface area contributed by atoms with Crippen LogP contribution < -0.4 is 14.8 Å². The van der Waals surface area contributed by atoms with Crippen LogP contribution in [0.15, 0.2) is 67.0 Å². The number of fused-ring (bicyclic) bond motifs is 1. The first kappa shape index (κ1) is 18.9. The average molecular weight is 412 g/mol. The molecule has 0 bridgehead atoms. The summed E-state index contributed by atoms with van der Waals surface area (Å²) >= 11 is 0. The monoisotopic (exact) mass is 412 g/mol.